The van der Waals surface area contributed by atoms with Crippen molar-refractivity contribution in [2.45, 2.75) is 25.9 Å². The molecule has 0 aliphatic carbocycles. The lowest BCUT2D eigenvalue weighted by Crippen LogP contribution is -2.07. The van der Waals surface area contributed by atoms with Crippen LogP contribution in [0.5, 0.6) is 5.75 Å². The minimum absolute atomic E-state index is 0.151. The van der Waals surface area contributed by atoms with Crippen molar-refractivity contribution in [3.05, 3.63) is 46.0 Å². The van der Waals surface area contributed by atoms with Crippen LogP contribution < -0.4 is 4.74 Å². The summed E-state index contributed by atoms with van der Waals surface area (Å²) < 4.78 is 20.2. The fraction of sp³-hybridized carbons (Fsp3) is 0.400. The number of ether oxygens (including phenoxy) is 1. The quantitative estimate of drug-likeness (QED) is 0.923. The van der Waals surface area contributed by atoms with Gasteiger partial charge in [-0.05, 0) is 24.1 Å². The van der Waals surface area contributed by atoms with E-state index in [-0.39, 0.29) is 12.2 Å². The topological polar surface area (TPSA) is 47.3 Å². The van der Waals surface area contributed by atoms with Gasteiger partial charge in [0.15, 0.2) is 11.6 Å². The Morgan fingerprint density at radius 1 is 1.48 bits per heavy atom. The van der Waals surface area contributed by atoms with Crippen LogP contribution in [0.25, 0.3) is 0 Å². The van der Waals surface area contributed by atoms with Crippen LogP contribution in [0.1, 0.15) is 30.0 Å². The fourth-order valence-electron chi connectivity index (χ4n) is 2.23. The predicted molar refractivity (Wildman–Crippen MR) is 79.2 cm³/mol. The molecule has 1 N–H and O–H groups in total. The summed E-state index contributed by atoms with van der Waals surface area (Å²) in [5, 5.41) is 15.1. The molecule has 1 aromatic heterocycles. The molecular weight excluding hydrogens is 295 g/mol. The molecule has 0 spiro atoms. The highest BCUT2D eigenvalue weighted by atomic mass is 35.5. The van der Waals surface area contributed by atoms with E-state index in [1.165, 1.54) is 19.2 Å². The molecule has 0 saturated carbocycles. The summed E-state index contributed by atoms with van der Waals surface area (Å²) in [6.45, 7) is 1.97. The van der Waals surface area contributed by atoms with Crippen molar-refractivity contribution in [3.63, 3.8) is 0 Å². The maximum Gasteiger partial charge on any atom is 0.165 e. The highest BCUT2D eigenvalue weighted by Gasteiger charge is 2.18. The standard InChI is InChI=1S/C15H18ClFN2O2/c1-4-11-15(16)12(19(2)18-11)8-13(20)9-5-6-14(21-3)10(17)7-9/h5-7,13,20H,4,8H2,1-3H3. The molecule has 0 bridgehead atoms. The molecular formula is C15H18ClFN2O2. The van der Waals surface area contributed by atoms with Crippen molar-refractivity contribution in [2.75, 3.05) is 7.11 Å². The van der Waals surface area contributed by atoms with E-state index in [0.29, 0.717) is 10.6 Å². The number of benzene rings is 1. The Bertz CT molecular complexity index is 643. The molecule has 0 saturated heterocycles. The maximum absolute atomic E-state index is 13.7. The van der Waals surface area contributed by atoms with Gasteiger partial charge < -0.3 is 9.84 Å². The summed E-state index contributed by atoms with van der Waals surface area (Å²) in [6.07, 6.45) is 0.136. The number of halogens is 2. The van der Waals surface area contributed by atoms with Crippen LogP contribution in [0, 0.1) is 5.82 Å². The lowest BCUT2D eigenvalue weighted by atomic mass is 10.0. The van der Waals surface area contributed by atoms with Gasteiger partial charge in [-0.15, -0.1) is 0 Å². The second-order valence-corrected chi connectivity index (χ2v) is 5.18. The van der Waals surface area contributed by atoms with Gasteiger partial charge in [-0.25, -0.2) is 4.39 Å². The van der Waals surface area contributed by atoms with Crippen LogP contribution in [-0.2, 0) is 19.9 Å². The number of hydrogen-bond acceptors (Lipinski definition) is 3. The summed E-state index contributed by atoms with van der Waals surface area (Å²) in [6, 6.07) is 4.41. The second kappa shape index (κ2) is 6.45. The van der Waals surface area contributed by atoms with E-state index in [0.717, 1.165) is 17.8 Å². The molecule has 1 heterocycles. The Balaban J connectivity index is 2.24. The molecule has 0 aliphatic rings. The van der Waals surface area contributed by atoms with Gasteiger partial charge in [-0.2, -0.15) is 5.10 Å². The molecule has 0 amide bonds. The number of aliphatic hydroxyl groups is 1. The number of hydrogen-bond donors (Lipinski definition) is 1. The van der Waals surface area contributed by atoms with Crippen LogP contribution in [0.3, 0.4) is 0 Å². The number of aromatic nitrogens is 2. The largest absolute Gasteiger partial charge is 0.494 e. The first-order valence-electron chi connectivity index (χ1n) is 6.69. The maximum atomic E-state index is 13.7. The van der Waals surface area contributed by atoms with E-state index in [4.69, 9.17) is 16.3 Å². The van der Waals surface area contributed by atoms with Gasteiger partial charge in [0.25, 0.3) is 0 Å². The molecule has 21 heavy (non-hydrogen) atoms. The Morgan fingerprint density at radius 3 is 2.71 bits per heavy atom. The third-order valence-electron chi connectivity index (χ3n) is 3.45. The number of methoxy groups -OCH3 is 1. The number of aliphatic hydroxyl groups excluding tert-OH is 1. The van der Waals surface area contributed by atoms with E-state index >= 15 is 0 Å². The molecule has 6 heteroatoms. The van der Waals surface area contributed by atoms with E-state index in [9.17, 15) is 9.50 Å². The monoisotopic (exact) mass is 312 g/mol. The molecule has 0 radical (unpaired) electrons. The van der Waals surface area contributed by atoms with Crippen LogP contribution in [0.15, 0.2) is 18.2 Å². The highest BCUT2D eigenvalue weighted by molar-refractivity contribution is 6.31. The molecule has 1 atom stereocenters. The van der Waals surface area contributed by atoms with Gasteiger partial charge in [0.05, 0.1) is 29.6 Å². The third kappa shape index (κ3) is 3.19. The van der Waals surface area contributed by atoms with Crippen LogP contribution in [0.4, 0.5) is 4.39 Å². The minimum Gasteiger partial charge on any atom is -0.494 e. The van der Waals surface area contributed by atoms with Crippen LogP contribution in [0.2, 0.25) is 5.02 Å². The number of nitrogens with zero attached hydrogens (tertiary/aromatic N) is 2. The van der Waals surface area contributed by atoms with Gasteiger partial charge >= 0.3 is 0 Å². The smallest absolute Gasteiger partial charge is 0.165 e. The first-order valence-corrected chi connectivity index (χ1v) is 7.07. The Labute approximate surface area is 128 Å². The summed E-state index contributed by atoms with van der Waals surface area (Å²) in [5.74, 6) is -0.350. The normalized spacial score (nSPS) is 12.5. The molecule has 0 fully saturated rings. The molecule has 1 aromatic carbocycles. The van der Waals surface area contributed by atoms with Crippen molar-refractivity contribution in [3.8, 4) is 5.75 Å². The van der Waals surface area contributed by atoms with E-state index in [1.54, 1.807) is 17.8 Å². The third-order valence-corrected chi connectivity index (χ3v) is 3.89. The zero-order chi connectivity index (χ0) is 15.6. The van der Waals surface area contributed by atoms with Gasteiger partial charge in [-0.3, -0.25) is 4.68 Å². The Hall–Kier alpha value is -1.59. The van der Waals surface area contributed by atoms with Gasteiger partial charge in [0, 0.05) is 13.5 Å². The van der Waals surface area contributed by atoms with Crippen molar-refractivity contribution in [2.24, 2.45) is 7.05 Å². The average molecular weight is 313 g/mol. The Kier molecular flexibility index (Phi) is 4.85. The lowest BCUT2D eigenvalue weighted by Gasteiger charge is -2.13. The zero-order valence-electron chi connectivity index (χ0n) is 12.2. The van der Waals surface area contributed by atoms with Crippen molar-refractivity contribution < 1.29 is 14.2 Å². The summed E-state index contributed by atoms with van der Waals surface area (Å²) in [7, 11) is 3.18. The number of aryl methyl sites for hydroxylation is 2. The van der Waals surface area contributed by atoms with Crippen molar-refractivity contribution in [1.29, 1.82) is 0 Å². The lowest BCUT2D eigenvalue weighted by molar-refractivity contribution is 0.175. The van der Waals surface area contributed by atoms with Gasteiger partial charge in [-0.1, -0.05) is 24.6 Å². The molecule has 4 nitrogen and oxygen atoms in total. The zero-order valence-corrected chi connectivity index (χ0v) is 13.0. The van der Waals surface area contributed by atoms with Crippen LogP contribution in [-0.4, -0.2) is 22.0 Å². The van der Waals surface area contributed by atoms with Crippen LogP contribution >= 0.6 is 11.6 Å². The van der Waals surface area contributed by atoms with Crippen molar-refractivity contribution >= 4 is 11.6 Å². The fourth-order valence-corrected chi connectivity index (χ4v) is 2.60. The SMILES string of the molecule is CCc1nn(C)c(CC(O)c2ccc(OC)c(F)c2)c1Cl. The first-order chi connectivity index (χ1) is 9.97. The average Bonchev–Trinajstić information content (AvgIpc) is 2.74. The van der Waals surface area contributed by atoms with Gasteiger partial charge in [0.1, 0.15) is 0 Å². The summed E-state index contributed by atoms with van der Waals surface area (Å²) in [5.41, 5.74) is 2.00. The summed E-state index contributed by atoms with van der Waals surface area (Å²) in [4.78, 5) is 0. The van der Waals surface area contributed by atoms with Gasteiger partial charge in [0.2, 0.25) is 0 Å². The highest BCUT2D eigenvalue weighted by Crippen LogP contribution is 2.28. The summed E-state index contributed by atoms with van der Waals surface area (Å²) >= 11 is 6.25. The molecule has 2 aromatic rings. The van der Waals surface area contributed by atoms with E-state index < -0.39 is 11.9 Å². The molecule has 1 unspecified atom stereocenters. The second-order valence-electron chi connectivity index (χ2n) is 4.80. The minimum atomic E-state index is -0.858. The van der Waals surface area contributed by atoms with Crippen molar-refractivity contribution in [1.82, 2.24) is 9.78 Å². The van der Waals surface area contributed by atoms with E-state index in [1.807, 2.05) is 6.92 Å². The molecule has 0 aliphatic heterocycles. The predicted octanol–water partition coefficient (Wildman–Crippen LogP) is 3.06. The number of rotatable bonds is 5. The first kappa shape index (κ1) is 15.8. The molecule has 2 rings (SSSR count). The molecule has 114 valence electrons. The van der Waals surface area contributed by atoms with E-state index in [2.05, 4.69) is 5.10 Å². The Morgan fingerprint density at radius 2 is 2.19 bits per heavy atom.